The quantitative estimate of drug-likeness (QED) is 0.711. The second-order valence-electron chi connectivity index (χ2n) is 5.41. The number of benzene rings is 1. The molecule has 0 unspecified atom stereocenters. The predicted molar refractivity (Wildman–Crippen MR) is 87.6 cm³/mol. The Morgan fingerprint density at radius 2 is 1.85 bits per heavy atom. The molecule has 0 radical (unpaired) electrons. The number of carboxylic acids is 1. The molecule has 1 aromatic carbocycles. The van der Waals surface area contributed by atoms with Crippen molar-refractivity contribution in [2.45, 2.75) is 12.8 Å². The van der Waals surface area contributed by atoms with Gasteiger partial charge in [0.25, 0.3) is 0 Å². The molecule has 1 amide bonds. The zero-order chi connectivity index (χ0) is 19.6. The smallest absolute Gasteiger partial charge is 0.471 e. The average molecular weight is 379 g/mol. The Balaban J connectivity index is 1.99. The Hall–Kier alpha value is -3.56. The first-order valence-corrected chi connectivity index (χ1v) is 7.56. The number of fused-ring (bicyclic) bond motifs is 1. The van der Waals surface area contributed by atoms with Crippen molar-refractivity contribution in [3.63, 3.8) is 0 Å². The molecule has 0 aliphatic heterocycles. The standard InChI is InChI=1S/C17H12F3N3O4/c18-17(19,20)16(26)22-14-12(15(24)25)21-13-11(7-4-8-23(13)14)27-9-10-5-2-1-3-6-10/h1-8H,9H2,(H,22,26)(H,24,25). The van der Waals surface area contributed by atoms with E-state index in [-0.39, 0.29) is 18.0 Å². The number of pyridine rings is 1. The van der Waals surface area contributed by atoms with Gasteiger partial charge in [0.2, 0.25) is 0 Å². The van der Waals surface area contributed by atoms with E-state index in [2.05, 4.69) is 4.98 Å². The molecule has 0 bridgehead atoms. The summed E-state index contributed by atoms with van der Waals surface area (Å²) in [5, 5.41) is 10.8. The number of ether oxygens (including phenoxy) is 1. The lowest BCUT2D eigenvalue weighted by atomic mass is 10.2. The lowest BCUT2D eigenvalue weighted by Gasteiger charge is -2.10. The number of carbonyl (C=O) groups excluding carboxylic acids is 1. The highest BCUT2D eigenvalue weighted by Gasteiger charge is 2.40. The van der Waals surface area contributed by atoms with Crippen LogP contribution in [0, 0.1) is 0 Å². The number of hydrogen-bond acceptors (Lipinski definition) is 4. The van der Waals surface area contributed by atoms with Crippen LogP contribution in [0.15, 0.2) is 48.7 Å². The second kappa shape index (κ2) is 6.98. The number of imidazole rings is 1. The third kappa shape index (κ3) is 3.84. The molecule has 3 aromatic rings. The Kier molecular flexibility index (Phi) is 4.72. The molecule has 0 aliphatic carbocycles. The number of nitrogens with one attached hydrogen (secondary N) is 1. The summed E-state index contributed by atoms with van der Waals surface area (Å²) in [7, 11) is 0. The third-order valence-corrected chi connectivity index (χ3v) is 3.54. The highest BCUT2D eigenvalue weighted by molar-refractivity contribution is 6.01. The molecule has 2 N–H and O–H groups in total. The Labute approximate surface area is 150 Å². The molecule has 0 fully saturated rings. The fourth-order valence-corrected chi connectivity index (χ4v) is 2.34. The van der Waals surface area contributed by atoms with E-state index in [4.69, 9.17) is 4.74 Å². The van der Waals surface area contributed by atoms with Crippen molar-refractivity contribution in [2.75, 3.05) is 5.32 Å². The SMILES string of the molecule is O=C(O)c1nc2c(OCc3ccccc3)cccn2c1NC(=O)C(F)(F)F. The van der Waals surface area contributed by atoms with Gasteiger partial charge in [-0.2, -0.15) is 13.2 Å². The van der Waals surface area contributed by atoms with Crippen LogP contribution in [-0.2, 0) is 11.4 Å². The van der Waals surface area contributed by atoms with Gasteiger partial charge in [-0.05, 0) is 17.7 Å². The van der Waals surface area contributed by atoms with Crippen LogP contribution in [-0.4, -0.2) is 32.5 Å². The molecule has 2 heterocycles. The monoisotopic (exact) mass is 379 g/mol. The number of anilines is 1. The number of halogens is 3. The van der Waals surface area contributed by atoms with E-state index in [9.17, 15) is 27.9 Å². The first kappa shape index (κ1) is 18.2. The predicted octanol–water partition coefficient (Wildman–Crippen LogP) is 3.11. The summed E-state index contributed by atoms with van der Waals surface area (Å²) in [6, 6.07) is 12.0. The number of aromatic nitrogens is 2. The van der Waals surface area contributed by atoms with Crippen LogP contribution in [0.1, 0.15) is 16.1 Å². The Morgan fingerprint density at radius 1 is 1.15 bits per heavy atom. The normalized spacial score (nSPS) is 11.4. The number of nitrogens with zero attached hydrogens (tertiary/aromatic N) is 2. The third-order valence-electron chi connectivity index (χ3n) is 3.54. The number of aromatic carboxylic acids is 1. The van der Waals surface area contributed by atoms with Gasteiger partial charge in [-0.3, -0.25) is 9.20 Å². The molecule has 0 aliphatic rings. The maximum absolute atomic E-state index is 12.5. The average Bonchev–Trinajstić information content (AvgIpc) is 2.99. The van der Waals surface area contributed by atoms with Crippen molar-refractivity contribution < 1.29 is 32.6 Å². The first-order valence-electron chi connectivity index (χ1n) is 7.56. The second-order valence-corrected chi connectivity index (χ2v) is 5.41. The number of rotatable bonds is 5. The van der Waals surface area contributed by atoms with Crippen LogP contribution < -0.4 is 10.1 Å². The van der Waals surface area contributed by atoms with Gasteiger partial charge in [0.05, 0.1) is 0 Å². The summed E-state index contributed by atoms with van der Waals surface area (Å²) in [6.07, 6.45) is -3.91. The van der Waals surface area contributed by atoms with E-state index in [0.717, 1.165) is 9.96 Å². The lowest BCUT2D eigenvalue weighted by molar-refractivity contribution is -0.167. The molecular formula is C17H12F3N3O4. The fraction of sp³-hybridized carbons (Fsp3) is 0.118. The first-order chi connectivity index (χ1) is 12.8. The summed E-state index contributed by atoms with van der Waals surface area (Å²) in [6.45, 7) is 0.139. The van der Waals surface area contributed by atoms with Crippen molar-refractivity contribution in [3.05, 3.63) is 59.9 Å². The van der Waals surface area contributed by atoms with Gasteiger partial charge in [0, 0.05) is 6.20 Å². The molecule has 140 valence electrons. The van der Waals surface area contributed by atoms with Crippen molar-refractivity contribution in [1.82, 2.24) is 9.38 Å². The summed E-state index contributed by atoms with van der Waals surface area (Å²) >= 11 is 0. The van der Waals surface area contributed by atoms with Gasteiger partial charge in [0.15, 0.2) is 22.9 Å². The van der Waals surface area contributed by atoms with Gasteiger partial charge >= 0.3 is 18.1 Å². The summed E-state index contributed by atoms with van der Waals surface area (Å²) < 4.78 is 44.3. The number of alkyl halides is 3. The van der Waals surface area contributed by atoms with Gasteiger partial charge < -0.3 is 15.2 Å². The van der Waals surface area contributed by atoms with Crippen molar-refractivity contribution >= 4 is 23.3 Å². The van der Waals surface area contributed by atoms with E-state index >= 15 is 0 Å². The van der Waals surface area contributed by atoms with Crippen molar-refractivity contribution in [1.29, 1.82) is 0 Å². The van der Waals surface area contributed by atoms with Crippen LogP contribution in [0.4, 0.5) is 19.0 Å². The molecule has 0 saturated heterocycles. The topological polar surface area (TPSA) is 92.9 Å². The molecule has 7 nitrogen and oxygen atoms in total. The van der Waals surface area contributed by atoms with Crippen LogP contribution >= 0.6 is 0 Å². The zero-order valence-corrected chi connectivity index (χ0v) is 13.5. The van der Waals surface area contributed by atoms with E-state index in [1.807, 2.05) is 30.3 Å². The van der Waals surface area contributed by atoms with Gasteiger partial charge in [-0.25, -0.2) is 9.78 Å². The number of carboxylic acid groups (broad SMARTS) is 1. The highest BCUT2D eigenvalue weighted by Crippen LogP contribution is 2.27. The molecule has 2 aromatic heterocycles. The largest absolute Gasteiger partial charge is 0.485 e. The van der Waals surface area contributed by atoms with E-state index < -0.39 is 29.6 Å². The van der Waals surface area contributed by atoms with Crippen LogP contribution in [0.25, 0.3) is 5.65 Å². The maximum atomic E-state index is 12.5. The lowest BCUT2D eigenvalue weighted by Crippen LogP contribution is -2.31. The zero-order valence-electron chi connectivity index (χ0n) is 13.5. The van der Waals surface area contributed by atoms with Crippen molar-refractivity contribution in [2.24, 2.45) is 0 Å². The summed E-state index contributed by atoms with van der Waals surface area (Å²) in [4.78, 5) is 26.4. The summed E-state index contributed by atoms with van der Waals surface area (Å²) in [5.74, 6) is -4.35. The van der Waals surface area contributed by atoms with Crippen LogP contribution in [0.5, 0.6) is 5.75 Å². The number of hydrogen-bond donors (Lipinski definition) is 2. The fourth-order valence-electron chi connectivity index (χ4n) is 2.34. The number of amides is 1. The molecular weight excluding hydrogens is 367 g/mol. The number of carbonyl (C=O) groups is 2. The molecule has 27 heavy (non-hydrogen) atoms. The molecule has 3 rings (SSSR count). The minimum absolute atomic E-state index is 0.0386. The minimum Gasteiger partial charge on any atom is -0.485 e. The van der Waals surface area contributed by atoms with Gasteiger partial charge in [-0.15, -0.1) is 0 Å². The molecule has 0 spiro atoms. The van der Waals surface area contributed by atoms with Gasteiger partial charge in [0.1, 0.15) is 6.61 Å². The molecule has 10 heteroatoms. The Bertz CT molecular complexity index is 1000. The van der Waals surface area contributed by atoms with Crippen LogP contribution in [0.2, 0.25) is 0 Å². The molecule has 0 saturated carbocycles. The van der Waals surface area contributed by atoms with Gasteiger partial charge in [-0.1, -0.05) is 30.3 Å². The van der Waals surface area contributed by atoms with Crippen LogP contribution in [0.3, 0.4) is 0 Å². The summed E-state index contributed by atoms with van der Waals surface area (Å²) in [5.41, 5.74) is 0.0572. The molecule has 0 atom stereocenters. The van der Waals surface area contributed by atoms with E-state index in [1.54, 1.807) is 5.32 Å². The minimum atomic E-state index is -5.18. The maximum Gasteiger partial charge on any atom is 0.471 e. The Morgan fingerprint density at radius 3 is 2.48 bits per heavy atom. The van der Waals surface area contributed by atoms with Crippen molar-refractivity contribution in [3.8, 4) is 5.75 Å². The van der Waals surface area contributed by atoms with E-state index in [1.165, 1.54) is 18.3 Å². The highest BCUT2D eigenvalue weighted by atomic mass is 19.4. The van der Waals surface area contributed by atoms with E-state index in [0.29, 0.717) is 0 Å².